The summed E-state index contributed by atoms with van der Waals surface area (Å²) in [5, 5.41) is 13.8. The first-order chi connectivity index (χ1) is 12.5. The molecular weight excluding hydrogens is 343 g/mol. The van der Waals surface area contributed by atoms with Gasteiger partial charge in [0.1, 0.15) is 17.3 Å². The van der Waals surface area contributed by atoms with Gasteiger partial charge in [-0.25, -0.2) is 4.39 Å². The molecule has 132 valence electrons. The first kappa shape index (κ1) is 17.2. The maximum absolute atomic E-state index is 13.2. The Labute approximate surface area is 147 Å². The van der Waals surface area contributed by atoms with Gasteiger partial charge in [0.15, 0.2) is 5.76 Å². The summed E-state index contributed by atoms with van der Waals surface area (Å²) in [7, 11) is 1.40. The van der Waals surface area contributed by atoms with Crippen molar-refractivity contribution >= 4 is 17.3 Å². The molecule has 2 aromatic carbocycles. The molecule has 7 nitrogen and oxygen atoms in total. The van der Waals surface area contributed by atoms with Gasteiger partial charge in [0.2, 0.25) is 0 Å². The van der Waals surface area contributed by atoms with Crippen LogP contribution in [0.3, 0.4) is 0 Å². The molecule has 0 unspecified atom stereocenters. The molecule has 0 aliphatic rings. The Morgan fingerprint density at radius 3 is 2.69 bits per heavy atom. The Balaban J connectivity index is 1.88. The summed E-state index contributed by atoms with van der Waals surface area (Å²) in [5.74, 6) is -0.663. The maximum Gasteiger partial charge on any atom is 0.291 e. The first-order valence-corrected chi connectivity index (χ1v) is 7.47. The number of anilines is 1. The van der Waals surface area contributed by atoms with Crippen LogP contribution in [0.1, 0.15) is 10.6 Å². The van der Waals surface area contributed by atoms with E-state index in [0.29, 0.717) is 5.75 Å². The van der Waals surface area contributed by atoms with E-state index < -0.39 is 16.6 Å². The Morgan fingerprint density at radius 2 is 2.00 bits per heavy atom. The van der Waals surface area contributed by atoms with Crippen molar-refractivity contribution in [2.24, 2.45) is 0 Å². The van der Waals surface area contributed by atoms with Crippen LogP contribution in [-0.2, 0) is 0 Å². The molecule has 8 heteroatoms. The molecule has 0 aliphatic heterocycles. The summed E-state index contributed by atoms with van der Waals surface area (Å²) < 4.78 is 23.6. The lowest BCUT2D eigenvalue weighted by Gasteiger charge is -2.04. The van der Waals surface area contributed by atoms with Crippen molar-refractivity contribution in [3.8, 4) is 17.1 Å². The van der Waals surface area contributed by atoms with E-state index in [1.54, 1.807) is 6.07 Å². The zero-order chi connectivity index (χ0) is 18.7. The number of hydrogen-bond donors (Lipinski definition) is 1. The largest absolute Gasteiger partial charge is 0.497 e. The van der Waals surface area contributed by atoms with Gasteiger partial charge in [0, 0.05) is 5.69 Å². The summed E-state index contributed by atoms with van der Waals surface area (Å²) in [6, 6.07) is 12.5. The average molecular weight is 356 g/mol. The number of carbonyl (C=O) groups is 1. The second-order valence-electron chi connectivity index (χ2n) is 5.27. The zero-order valence-corrected chi connectivity index (χ0v) is 13.6. The third kappa shape index (κ3) is 3.54. The van der Waals surface area contributed by atoms with Crippen molar-refractivity contribution < 1.29 is 23.3 Å². The summed E-state index contributed by atoms with van der Waals surface area (Å²) in [6.45, 7) is 0. The number of nitro groups is 1. The highest BCUT2D eigenvalue weighted by atomic mass is 19.1. The van der Waals surface area contributed by atoms with Crippen LogP contribution in [-0.4, -0.2) is 17.9 Å². The number of furan rings is 1. The Kier molecular flexibility index (Phi) is 4.66. The van der Waals surface area contributed by atoms with Gasteiger partial charge >= 0.3 is 0 Å². The standard InChI is InChI=1S/C18H13FN2O5/c1-25-13-5-6-14(15(10-13)21(23)24)16-7-8-17(26-16)18(22)20-12-4-2-3-11(19)9-12/h2-10H,1H3,(H,20,22). The van der Waals surface area contributed by atoms with Gasteiger partial charge in [-0.2, -0.15) is 0 Å². The molecule has 0 saturated carbocycles. The van der Waals surface area contributed by atoms with E-state index in [-0.39, 0.29) is 28.5 Å². The summed E-state index contributed by atoms with van der Waals surface area (Å²) in [6.07, 6.45) is 0. The lowest BCUT2D eigenvalue weighted by Crippen LogP contribution is -2.10. The lowest BCUT2D eigenvalue weighted by molar-refractivity contribution is -0.384. The number of rotatable bonds is 5. The SMILES string of the molecule is COc1ccc(-c2ccc(C(=O)Nc3cccc(F)c3)o2)c([N+](=O)[O-])c1. The number of ether oxygens (including phenoxy) is 1. The monoisotopic (exact) mass is 356 g/mol. The highest BCUT2D eigenvalue weighted by molar-refractivity contribution is 6.02. The van der Waals surface area contributed by atoms with Crippen LogP contribution in [0.25, 0.3) is 11.3 Å². The molecule has 0 spiro atoms. The number of nitrogens with one attached hydrogen (secondary N) is 1. The molecule has 3 rings (SSSR count). The highest BCUT2D eigenvalue weighted by Gasteiger charge is 2.21. The second-order valence-corrected chi connectivity index (χ2v) is 5.27. The van der Waals surface area contributed by atoms with Crippen LogP contribution < -0.4 is 10.1 Å². The molecular formula is C18H13FN2O5. The van der Waals surface area contributed by atoms with E-state index in [0.717, 1.165) is 6.07 Å². The van der Waals surface area contributed by atoms with E-state index in [2.05, 4.69) is 5.32 Å². The predicted octanol–water partition coefficient (Wildman–Crippen LogP) is 4.25. The fourth-order valence-electron chi connectivity index (χ4n) is 2.36. The third-order valence-electron chi connectivity index (χ3n) is 3.58. The van der Waals surface area contributed by atoms with Crippen LogP contribution in [0, 0.1) is 15.9 Å². The van der Waals surface area contributed by atoms with Gasteiger partial charge in [-0.1, -0.05) is 6.07 Å². The first-order valence-electron chi connectivity index (χ1n) is 7.47. The van der Waals surface area contributed by atoms with Crippen molar-refractivity contribution in [1.29, 1.82) is 0 Å². The minimum atomic E-state index is -0.599. The lowest BCUT2D eigenvalue weighted by atomic mass is 10.1. The number of nitro benzene ring substituents is 1. The van der Waals surface area contributed by atoms with Gasteiger partial charge in [0.25, 0.3) is 11.6 Å². The zero-order valence-electron chi connectivity index (χ0n) is 13.6. The van der Waals surface area contributed by atoms with Crippen LogP contribution in [0.15, 0.2) is 59.0 Å². The van der Waals surface area contributed by atoms with Gasteiger partial charge in [-0.15, -0.1) is 0 Å². The normalized spacial score (nSPS) is 10.4. The van der Waals surface area contributed by atoms with Crippen LogP contribution in [0.5, 0.6) is 5.75 Å². The predicted molar refractivity (Wildman–Crippen MR) is 91.7 cm³/mol. The Bertz CT molecular complexity index is 983. The van der Waals surface area contributed by atoms with Crippen molar-refractivity contribution in [2.75, 3.05) is 12.4 Å². The van der Waals surface area contributed by atoms with E-state index in [4.69, 9.17) is 9.15 Å². The fraction of sp³-hybridized carbons (Fsp3) is 0.0556. The second kappa shape index (κ2) is 7.06. The van der Waals surface area contributed by atoms with E-state index in [1.807, 2.05) is 0 Å². The van der Waals surface area contributed by atoms with Crippen molar-refractivity contribution in [2.45, 2.75) is 0 Å². The topological polar surface area (TPSA) is 94.6 Å². The van der Waals surface area contributed by atoms with Gasteiger partial charge in [-0.3, -0.25) is 14.9 Å². The van der Waals surface area contributed by atoms with Gasteiger partial charge < -0.3 is 14.5 Å². The highest BCUT2D eigenvalue weighted by Crippen LogP contribution is 2.34. The number of nitrogens with zero attached hydrogens (tertiary/aromatic N) is 1. The molecule has 1 heterocycles. The number of carbonyl (C=O) groups excluding carboxylic acids is 1. The van der Waals surface area contributed by atoms with Gasteiger partial charge in [-0.05, 0) is 42.5 Å². The van der Waals surface area contributed by atoms with Crippen molar-refractivity contribution in [3.05, 3.63) is 76.3 Å². The van der Waals surface area contributed by atoms with Crippen LogP contribution >= 0.6 is 0 Å². The number of amides is 1. The van der Waals surface area contributed by atoms with Gasteiger partial charge in [0.05, 0.1) is 23.7 Å². The minimum Gasteiger partial charge on any atom is -0.497 e. The van der Waals surface area contributed by atoms with Crippen LogP contribution in [0.4, 0.5) is 15.8 Å². The molecule has 0 bridgehead atoms. The molecule has 0 saturated heterocycles. The smallest absolute Gasteiger partial charge is 0.291 e. The molecule has 1 amide bonds. The molecule has 0 radical (unpaired) electrons. The molecule has 26 heavy (non-hydrogen) atoms. The van der Waals surface area contributed by atoms with E-state index in [9.17, 15) is 19.3 Å². The average Bonchev–Trinajstić information content (AvgIpc) is 3.11. The van der Waals surface area contributed by atoms with E-state index >= 15 is 0 Å². The Hall–Kier alpha value is -3.68. The summed E-state index contributed by atoms with van der Waals surface area (Å²) >= 11 is 0. The molecule has 0 atom stereocenters. The molecule has 0 fully saturated rings. The Morgan fingerprint density at radius 1 is 1.19 bits per heavy atom. The number of methoxy groups -OCH3 is 1. The number of halogens is 1. The molecule has 3 aromatic rings. The molecule has 1 N–H and O–H groups in total. The molecule has 1 aromatic heterocycles. The number of benzene rings is 2. The summed E-state index contributed by atoms with van der Waals surface area (Å²) in [4.78, 5) is 22.9. The van der Waals surface area contributed by atoms with Crippen molar-refractivity contribution in [1.82, 2.24) is 0 Å². The maximum atomic E-state index is 13.2. The van der Waals surface area contributed by atoms with Crippen molar-refractivity contribution in [3.63, 3.8) is 0 Å². The summed E-state index contributed by atoms with van der Waals surface area (Å²) in [5.41, 5.74) is 0.264. The quantitative estimate of drug-likeness (QED) is 0.544. The molecule has 0 aliphatic carbocycles. The van der Waals surface area contributed by atoms with E-state index in [1.165, 1.54) is 49.6 Å². The van der Waals surface area contributed by atoms with Crippen LogP contribution in [0.2, 0.25) is 0 Å². The minimum absolute atomic E-state index is 0.0608. The third-order valence-corrected chi connectivity index (χ3v) is 3.58. The number of hydrogen-bond acceptors (Lipinski definition) is 5. The fourth-order valence-corrected chi connectivity index (χ4v) is 2.36.